The van der Waals surface area contributed by atoms with Gasteiger partial charge in [0.05, 0.1) is 12.5 Å². The van der Waals surface area contributed by atoms with Crippen molar-refractivity contribution in [3.05, 3.63) is 57.5 Å². The van der Waals surface area contributed by atoms with Crippen LogP contribution in [0.2, 0.25) is 0 Å². The molecule has 0 spiro atoms. The number of ether oxygens (including phenoxy) is 1. The highest BCUT2D eigenvalue weighted by Crippen LogP contribution is 2.35. The molecule has 1 N–H and O–H groups in total. The van der Waals surface area contributed by atoms with Crippen molar-refractivity contribution in [1.29, 1.82) is 0 Å². The molecule has 0 amide bonds. The maximum Gasteiger partial charge on any atom is 0.336 e. The summed E-state index contributed by atoms with van der Waals surface area (Å²) in [6, 6.07) is 4.44. The van der Waals surface area contributed by atoms with E-state index < -0.39 is 5.63 Å². The molecule has 0 unspecified atom stereocenters. The summed E-state index contributed by atoms with van der Waals surface area (Å²) in [5.41, 5.74) is 3.28. The molecule has 2 aromatic rings. The molecule has 1 aromatic heterocycles. The van der Waals surface area contributed by atoms with Gasteiger partial charge in [-0.3, -0.25) is 0 Å². The molecule has 2 rings (SSSR count). The first-order chi connectivity index (χ1) is 11.4. The Morgan fingerprint density at radius 3 is 2.67 bits per heavy atom. The molecular weight excluding hydrogens is 304 g/mol. The summed E-state index contributed by atoms with van der Waals surface area (Å²) in [6.07, 6.45) is 6.89. The Balaban J connectivity index is 2.36. The zero-order chi connectivity index (χ0) is 17.7. The van der Waals surface area contributed by atoms with Crippen LogP contribution in [0.3, 0.4) is 0 Å². The monoisotopic (exact) mass is 328 g/mol. The molecule has 0 bridgehead atoms. The van der Waals surface area contributed by atoms with E-state index in [0.717, 1.165) is 18.4 Å². The van der Waals surface area contributed by atoms with E-state index in [4.69, 9.17) is 9.15 Å². The highest BCUT2D eigenvalue weighted by Gasteiger charge is 2.14. The van der Waals surface area contributed by atoms with E-state index in [1.807, 2.05) is 0 Å². The third-order valence-electron chi connectivity index (χ3n) is 3.91. The number of methoxy groups -OCH3 is 1. The number of aromatic hydroxyl groups is 1. The second kappa shape index (κ2) is 7.86. The van der Waals surface area contributed by atoms with Gasteiger partial charge < -0.3 is 14.3 Å². The number of benzene rings is 1. The van der Waals surface area contributed by atoms with Gasteiger partial charge in [0.1, 0.15) is 17.1 Å². The summed E-state index contributed by atoms with van der Waals surface area (Å²) < 4.78 is 10.7. The topological polar surface area (TPSA) is 59.7 Å². The van der Waals surface area contributed by atoms with E-state index in [0.29, 0.717) is 23.1 Å². The van der Waals surface area contributed by atoms with E-state index in [1.54, 1.807) is 12.1 Å². The lowest BCUT2D eigenvalue weighted by Crippen LogP contribution is -1.99. The summed E-state index contributed by atoms with van der Waals surface area (Å²) >= 11 is 0. The van der Waals surface area contributed by atoms with Crippen LogP contribution in [0.4, 0.5) is 0 Å². The summed E-state index contributed by atoms with van der Waals surface area (Å²) in [6.45, 7) is 6.27. The zero-order valence-electron chi connectivity index (χ0n) is 14.7. The molecule has 1 aromatic carbocycles. The fourth-order valence-corrected chi connectivity index (χ4v) is 2.59. The van der Waals surface area contributed by atoms with Gasteiger partial charge in [0, 0.05) is 17.7 Å². The molecule has 0 radical (unpaired) electrons. The molecule has 24 heavy (non-hydrogen) atoms. The number of phenols is 1. The number of rotatable bonds is 6. The average Bonchev–Trinajstić information content (AvgIpc) is 2.53. The van der Waals surface area contributed by atoms with Crippen molar-refractivity contribution in [1.82, 2.24) is 0 Å². The minimum atomic E-state index is -0.444. The van der Waals surface area contributed by atoms with Gasteiger partial charge >= 0.3 is 5.63 Å². The molecule has 1 heterocycles. The van der Waals surface area contributed by atoms with Gasteiger partial charge in [-0.1, -0.05) is 23.3 Å². The van der Waals surface area contributed by atoms with Gasteiger partial charge in [-0.05, 0) is 46.1 Å². The standard InChI is InChI=1S/C20H24O4/c1-13(2)6-5-7-14(3)8-9-16-18(23-4)12-17(21)15-10-11-19(22)24-20(15)16/h6,8,10-12,21H,5,7,9H2,1-4H3/b14-8+. The van der Waals surface area contributed by atoms with E-state index in [-0.39, 0.29) is 5.75 Å². The first-order valence-electron chi connectivity index (χ1n) is 8.04. The molecule has 0 saturated heterocycles. The van der Waals surface area contributed by atoms with Crippen LogP contribution in [-0.2, 0) is 6.42 Å². The fraction of sp³-hybridized carbons (Fsp3) is 0.350. The molecule has 0 atom stereocenters. The summed E-state index contributed by atoms with van der Waals surface area (Å²) in [5, 5.41) is 10.6. The Labute approximate surface area is 142 Å². The van der Waals surface area contributed by atoms with Crippen molar-refractivity contribution >= 4 is 11.0 Å². The van der Waals surface area contributed by atoms with E-state index in [1.165, 1.54) is 24.3 Å². The van der Waals surface area contributed by atoms with Crippen molar-refractivity contribution < 1.29 is 14.3 Å². The lowest BCUT2D eigenvalue weighted by Gasteiger charge is -2.11. The van der Waals surface area contributed by atoms with Crippen LogP contribution in [0.15, 0.2) is 50.7 Å². The molecule has 0 aliphatic carbocycles. The second-order valence-electron chi connectivity index (χ2n) is 6.15. The maximum absolute atomic E-state index is 11.6. The van der Waals surface area contributed by atoms with Crippen molar-refractivity contribution in [3.63, 3.8) is 0 Å². The van der Waals surface area contributed by atoms with Crippen LogP contribution in [0.25, 0.3) is 11.0 Å². The molecule has 0 saturated carbocycles. The number of phenolic OH excluding ortho intramolecular Hbond substituents is 1. The molecule has 4 nitrogen and oxygen atoms in total. The quantitative estimate of drug-likeness (QED) is 0.614. The number of fused-ring (bicyclic) bond motifs is 1. The van der Waals surface area contributed by atoms with Gasteiger partial charge in [-0.2, -0.15) is 0 Å². The molecule has 0 aliphatic heterocycles. The van der Waals surface area contributed by atoms with Crippen LogP contribution in [0, 0.1) is 0 Å². The Morgan fingerprint density at radius 1 is 1.25 bits per heavy atom. The lowest BCUT2D eigenvalue weighted by atomic mass is 10.0. The molecule has 128 valence electrons. The average molecular weight is 328 g/mol. The number of hydrogen-bond acceptors (Lipinski definition) is 4. The number of hydrogen-bond donors (Lipinski definition) is 1. The van der Waals surface area contributed by atoms with Crippen molar-refractivity contribution in [2.24, 2.45) is 0 Å². The minimum Gasteiger partial charge on any atom is -0.507 e. The third-order valence-corrected chi connectivity index (χ3v) is 3.91. The smallest absolute Gasteiger partial charge is 0.336 e. The minimum absolute atomic E-state index is 0.0404. The zero-order valence-corrected chi connectivity index (χ0v) is 14.7. The van der Waals surface area contributed by atoms with Gasteiger partial charge in [-0.25, -0.2) is 4.79 Å². The van der Waals surface area contributed by atoms with Crippen LogP contribution in [-0.4, -0.2) is 12.2 Å². The Morgan fingerprint density at radius 2 is 2.00 bits per heavy atom. The van der Waals surface area contributed by atoms with E-state index in [2.05, 4.69) is 32.9 Å². The molecular formula is C20H24O4. The first kappa shape index (κ1) is 17.9. The predicted molar refractivity (Wildman–Crippen MR) is 96.8 cm³/mol. The van der Waals surface area contributed by atoms with Crippen molar-refractivity contribution in [2.75, 3.05) is 7.11 Å². The largest absolute Gasteiger partial charge is 0.507 e. The molecule has 0 fully saturated rings. The second-order valence-corrected chi connectivity index (χ2v) is 6.15. The normalized spacial score (nSPS) is 11.6. The van der Waals surface area contributed by atoms with E-state index >= 15 is 0 Å². The summed E-state index contributed by atoms with van der Waals surface area (Å²) in [5.74, 6) is 0.557. The summed E-state index contributed by atoms with van der Waals surface area (Å²) in [7, 11) is 1.54. The third kappa shape index (κ3) is 4.28. The lowest BCUT2D eigenvalue weighted by molar-refractivity contribution is 0.403. The molecule has 4 heteroatoms. The Kier molecular flexibility index (Phi) is 5.85. The van der Waals surface area contributed by atoms with Crippen molar-refractivity contribution in [2.45, 2.75) is 40.0 Å². The van der Waals surface area contributed by atoms with Crippen LogP contribution in [0.5, 0.6) is 11.5 Å². The predicted octanol–water partition coefficient (Wildman–Crippen LogP) is 4.74. The van der Waals surface area contributed by atoms with Crippen LogP contribution in [0.1, 0.15) is 39.2 Å². The summed E-state index contributed by atoms with van der Waals surface area (Å²) in [4.78, 5) is 11.6. The van der Waals surface area contributed by atoms with Gasteiger partial charge in [0.15, 0.2) is 0 Å². The van der Waals surface area contributed by atoms with Crippen molar-refractivity contribution in [3.8, 4) is 11.5 Å². The van der Waals surface area contributed by atoms with Crippen LogP contribution >= 0.6 is 0 Å². The highest BCUT2D eigenvalue weighted by atomic mass is 16.5. The highest BCUT2D eigenvalue weighted by molar-refractivity contribution is 5.88. The molecule has 0 aliphatic rings. The van der Waals surface area contributed by atoms with Crippen LogP contribution < -0.4 is 10.4 Å². The van der Waals surface area contributed by atoms with Gasteiger partial charge in [0.25, 0.3) is 0 Å². The first-order valence-corrected chi connectivity index (χ1v) is 8.04. The fourth-order valence-electron chi connectivity index (χ4n) is 2.59. The Hall–Kier alpha value is -2.49. The SMILES string of the molecule is COc1cc(O)c2ccc(=O)oc2c1C/C=C(\C)CCC=C(C)C. The Bertz CT molecular complexity index is 837. The van der Waals surface area contributed by atoms with Gasteiger partial charge in [0.2, 0.25) is 0 Å². The maximum atomic E-state index is 11.6. The number of allylic oxidation sites excluding steroid dienone is 4. The van der Waals surface area contributed by atoms with E-state index in [9.17, 15) is 9.90 Å². The van der Waals surface area contributed by atoms with Gasteiger partial charge in [-0.15, -0.1) is 0 Å².